The Morgan fingerprint density at radius 3 is 2.92 bits per heavy atom. The molecule has 2 nitrogen and oxygen atoms in total. The molecule has 2 unspecified atom stereocenters. The summed E-state index contributed by atoms with van der Waals surface area (Å²) in [6.45, 7) is 0.328. The van der Waals surface area contributed by atoms with Crippen LogP contribution in [0.1, 0.15) is 25.7 Å². The summed E-state index contributed by atoms with van der Waals surface area (Å²) in [6, 6.07) is 0. The van der Waals surface area contributed by atoms with Gasteiger partial charge in [-0.1, -0.05) is 18.8 Å². The molecule has 1 rings (SSSR count). The first kappa shape index (κ1) is 9.28. The van der Waals surface area contributed by atoms with Gasteiger partial charge in [-0.2, -0.15) is 0 Å². The third kappa shape index (κ3) is 2.35. The monoisotopic (exact) mass is 166 g/mol. The van der Waals surface area contributed by atoms with Gasteiger partial charge in [0, 0.05) is 5.92 Å². The molecule has 0 bridgehead atoms. The van der Waals surface area contributed by atoms with E-state index in [1.165, 1.54) is 0 Å². The number of carbonyl (C=O) groups excluding carboxylic acids is 1. The van der Waals surface area contributed by atoms with Gasteiger partial charge < -0.3 is 9.53 Å². The van der Waals surface area contributed by atoms with Crippen molar-refractivity contribution in [2.24, 2.45) is 5.92 Å². The van der Waals surface area contributed by atoms with Gasteiger partial charge in [0.05, 0.1) is 6.10 Å². The van der Waals surface area contributed by atoms with Crippen LogP contribution in [0.2, 0.25) is 0 Å². The minimum absolute atomic E-state index is 0.0760. The van der Waals surface area contributed by atoms with Crippen LogP contribution < -0.4 is 0 Å². The Morgan fingerprint density at radius 2 is 2.25 bits per heavy atom. The number of terminal acetylenes is 1. The zero-order valence-corrected chi connectivity index (χ0v) is 7.16. The second kappa shape index (κ2) is 4.95. The molecule has 1 aliphatic carbocycles. The summed E-state index contributed by atoms with van der Waals surface area (Å²) in [4.78, 5) is 10.6. The smallest absolute Gasteiger partial charge is 0.125 e. The van der Waals surface area contributed by atoms with Crippen LogP contribution in [0.25, 0.3) is 0 Å². The summed E-state index contributed by atoms with van der Waals surface area (Å²) in [5.41, 5.74) is 0. The molecule has 1 fully saturated rings. The van der Waals surface area contributed by atoms with Gasteiger partial charge in [0.1, 0.15) is 12.9 Å². The van der Waals surface area contributed by atoms with E-state index in [0.29, 0.717) is 6.61 Å². The molecule has 0 aromatic rings. The molecule has 0 spiro atoms. The lowest BCUT2D eigenvalue weighted by atomic mass is 9.87. The van der Waals surface area contributed by atoms with E-state index in [4.69, 9.17) is 11.2 Å². The maximum absolute atomic E-state index is 10.6. The van der Waals surface area contributed by atoms with Crippen molar-refractivity contribution in [1.29, 1.82) is 0 Å². The second-order valence-corrected chi connectivity index (χ2v) is 3.14. The van der Waals surface area contributed by atoms with Gasteiger partial charge >= 0.3 is 0 Å². The molecule has 0 heterocycles. The Kier molecular flexibility index (Phi) is 3.83. The van der Waals surface area contributed by atoms with Gasteiger partial charge in [0.2, 0.25) is 0 Å². The average Bonchev–Trinajstić information content (AvgIpc) is 2.15. The van der Waals surface area contributed by atoms with Crippen molar-refractivity contribution in [3.8, 4) is 12.3 Å². The van der Waals surface area contributed by atoms with Gasteiger partial charge in [0.25, 0.3) is 0 Å². The summed E-state index contributed by atoms with van der Waals surface area (Å²) in [7, 11) is 0. The highest BCUT2D eigenvalue weighted by Crippen LogP contribution is 2.24. The normalized spacial score (nSPS) is 29.2. The van der Waals surface area contributed by atoms with Gasteiger partial charge in [-0.3, -0.25) is 0 Å². The highest BCUT2D eigenvalue weighted by molar-refractivity contribution is 5.54. The Labute approximate surface area is 73.3 Å². The maximum atomic E-state index is 10.6. The molecule has 0 saturated heterocycles. The predicted octanol–water partition coefficient (Wildman–Crippen LogP) is 1.39. The van der Waals surface area contributed by atoms with Crippen LogP contribution in [-0.2, 0) is 9.53 Å². The lowest BCUT2D eigenvalue weighted by molar-refractivity contribution is -0.117. The van der Waals surface area contributed by atoms with Crippen LogP contribution in [0.5, 0.6) is 0 Å². The molecule has 1 aliphatic rings. The number of hydrogen-bond donors (Lipinski definition) is 0. The quantitative estimate of drug-likeness (QED) is 0.468. The van der Waals surface area contributed by atoms with Crippen LogP contribution in [0.15, 0.2) is 0 Å². The molecule has 0 aliphatic heterocycles. The van der Waals surface area contributed by atoms with Gasteiger partial charge in [-0.05, 0) is 12.8 Å². The summed E-state index contributed by atoms with van der Waals surface area (Å²) in [5, 5.41) is 0. The molecule has 1 saturated carbocycles. The van der Waals surface area contributed by atoms with E-state index in [2.05, 4.69) is 5.92 Å². The van der Waals surface area contributed by atoms with E-state index < -0.39 is 0 Å². The van der Waals surface area contributed by atoms with Crippen molar-refractivity contribution < 1.29 is 9.53 Å². The van der Waals surface area contributed by atoms with Crippen LogP contribution in [-0.4, -0.2) is 19.0 Å². The maximum Gasteiger partial charge on any atom is 0.125 e. The zero-order valence-electron chi connectivity index (χ0n) is 7.16. The first-order valence-electron chi connectivity index (χ1n) is 4.39. The number of aldehydes is 1. The Bertz CT molecular complexity index is 181. The highest BCUT2D eigenvalue weighted by atomic mass is 16.5. The van der Waals surface area contributed by atoms with Crippen LogP contribution in [0.4, 0.5) is 0 Å². The third-order valence-electron chi connectivity index (χ3n) is 2.31. The lowest BCUT2D eigenvalue weighted by Gasteiger charge is -2.26. The van der Waals surface area contributed by atoms with E-state index in [9.17, 15) is 4.79 Å². The van der Waals surface area contributed by atoms with Gasteiger partial charge in [0.15, 0.2) is 0 Å². The number of carbonyl (C=O) groups is 1. The lowest BCUT2D eigenvalue weighted by Crippen LogP contribution is -2.28. The third-order valence-corrected chi connectivity index (χ3v) is 2.31. The molecule has 12 heavy (non-hydrogen) atoms. The van der Waals surface area contributed by atoms with Crippen LogP contribution in [0, 0.1) is 18.3 Å². The predicted molar refractivity (Wildman–Crippen MR) is 46.6 cm³/mol. The number of ether oxygens (including phenoxy) is 1. The highest BCUT2D eigenvalue weighted by Gasteiger charge is 2.24. The second-order valence-electron chi connectivity index (χ2n) is 3.14. The molecule has 0 N–H and O–H groups in total. The largest absolute Gasteiger partial charge is 0.365 e. The topological polar surface area (TPSA) is 26.3 Å². The average molecular weight is 166 g/mol. The standard InChI is InChI=1S/C10H14O2/c1-2-7-12-10-6-4-3-5-9(10)8-11/h1,8-10H,3-7H2. The van der Waals surface area contributed by atoms with E-state index in [1.54, 1.807) is 0 Å². The Balaban J connectivity index is 2.37. The molecule has 0 aromatic carbocycles. The first-order chi connectivity index (χ1) is 5.88. The van der Waals surface area contributed by atoms with Gasteiger partial charge in [-0.25, -0.2) is 0 Å². The molecule has 0 radical (unpaired) electrons. The summed E-state index contributed by atoms with van der Waals surface area (Å²) in [6.07, 6.45) is 10.4. The number of hydrogen-bond acceptors (Lipinski definition) is 2. The molecular formula is C10H14O2. The van der Waals surface area contributed by atoms with Crippen LogP contribution in [0.3, 0.4) is 0 Å². The number of rotatable bonds is 3. The van der Waals surface area contributed by atoms with Crippen molar-refractivity contribution in [2.75, 3.05) is 6.61 Å². The fraction of sp³-hybridized carbons (Fsp3) is 0.700. The summed E-state index contributed by atoms with van der Waals surface area (Å²) >= 11 is 0. The Hall–Kier alpha value is -0.810. The van der Waals surface area contributed by atoms with E-state index in [0.717, 1.165) is 32.0 Å². The molecule has 0 amide bonds. The molecule has 0 aromatic heterocycles. The van der Waals surface area contributed by atoms with Crippen molar-refractivity contribution in [3.05, 3.63) is 0 Å². The van der Waals surface area contributed by atoms with Crippen LogP contribution >= 0.6 is 0 Å². The fourth-order valence-electron chi connectivity index (χ4n) is 1.64. The zero-order chi connectivity index (χ0) is 8.81. The SMILES string of the molecule is C#CCOC1CCCCC1C=O. The minimum atomic E-state index is 0.0760. The summed E-state index contributed by atoms with van der Waals surface area (Å²) in [5.74, 6) is 2.50. The van der Waals surface area contributed by atoms with E-state index >= 15 is 0 Å². The van der Waals surface area contributed by atoms with E-state index in [1.807, 2.05) is 0 Å². The minimum Gasteiger partial charge on any atom is -0.365 e. The van der Waals surface area contributed by atoms with Gasteiger partial charge in [-0.15, -0.1) is 6.42 Å². The Morgan fingerprint density at radius 1 is 1.50 bits per heavy atom. The summed E-state index contributed by atoms with van der Waals surface area (Å²) < 4.78 is 5.37. The van der Waals surface area contributed by atoms with E-state index in [-0.39, 0.29) is 12.0 Å². The molecular weight excluding hydrogens is 152 g/mol. The molecule has 66 valence electrons. The van der Waals surface area contributed by atoms with Crippen molar-refractivity contribution in [1.82, 2.24) is 0 Å². The molecule has 2 heteroatoms. The van der Waals surface area contributed by atoms with Crippen molar-refractivity contribution in [3.63, 3.8) is 0 Å². The van der Waals surface area contributed by atoms with Crippen molar-refractivity contribution >= 4 is 6.29 Å². The first-order valence-corrected chi connectivity index (χ1v) is 4.39. The fourth-order valence-corrected chi connectivity index (χ4v) is 1.64. The van der Waals surface area contributed by atoms with Crippen molar-refractivity contribution in [2.45, 2.75) is 31.8 Å². The molecule has 2 atom stereocenters.